The zero-order valence-electron chi connectivity index (χ0n) is 18.2. The van der Waals surface area contributed by atoms with Gasteiger partial charge in [-0.25, -0.2) is 0 Å². The van der Waals surface area contributed by atoms with Crippen LogP contribution in [0.25, 0.3) is 5.76 Å². The SMILES string of the molecule is CCCN1C(=O)C(=O)/C(=C(\O)c2ccc(OC(C)C)c(C)c2)C1c1cccc(C)c1. The van der Waals surface area contributed by atoms with Crippen LogP contribution < -0.4 is 4.74 Å². The smallest absolute Gasteiger partial charge is 0.295 e. The molecule has 1 aliphatic rings. The van der Waals surface area contributed by atoms with Crippen LogP contribution in [-0.2, 0) is 9.59 Å². The quantitative estimate of drug-likeness (QED) is 0.419. The minimum atomic E-state index is -0.646. The molecule has 1 heterocycles. The highest BCUT2D eigenvalue weighted by molar-refractivity contribution is 6.46. The van der Waals surface area contributed by atoms with Gasteiger partial charge in [-0.15, -0.1) is 0 Å². The van der Waals surface area contributed by atoms with Crippen molar-refractivity contribution in [2.45, 2.75) is 53.2 Å². The number of Topliss-reactive ketones (excluding diaryl/α,β-unsaturated/α-hetero) is 1. The summed E-state index contributed by atoms with van der Waals surface area (Å²) in [7, 11) is 0. The van der Waals surface area contributed by atoms with Crippen molar-refractivity contribution in [2.24, 2.45) is 0 Å². The van der Waals surface area contributed by atoms with Crippen molar-refractivity contribution in [1.82, 2.24) is 4.90 Å². The first kappa shape index (κ1) is 21.6. The Kier molecular flexibility index (Phi) is 6.30. The Morgan fingerprint density at radius 1 is 1.13 bits per heavy atom. The summed E-state index contributed by atoms with van der Waals surface area (Å²) < 4.78 is 5.77. The predicted octanol–water partition coefficient (Wildman–Crippen LogP) is 4.92. The molecule has 3 rings (SSSR count). The first-order chi connectivity index (χ1) is 14.2. The summed E-state index contributed by atoms with van der Waals surface area (Å²) in [5.41, 5.74) is 3.33. The number of ketones is 1. The number of ether oxygens (including phenoxy) is 1. The number of carbonyl (C=O) groups excluding carboxylic acids is 2. The van der Waals surface area contributed by atoms with E-state index in [0.29, 0.717) is 12.1 Å². The Balaban J connectivity index is 2.14. The summed E-state index contributed by atoms with van der Waals surface area (Å²) in [6.45, 7) is 10.2. The average Bonchev–Trinajstić information content (AvgIpc) is 2.94. The first-order valence-corrected chi connectivity index (χ1v) is 10.4. The van der Waals surface area contributed by atoms with E-state index in [9.17, 15) is 14.7 Å². The molecule has 1 N–H and O–H groups in total. The maximum absolute atomic E-state index is 12.9. The summed E-state index contributed by atoms with van der Waals surface area (Å²) in [5.74, 6) is -0.644. The molecule has 1 aliphatic heterocycles. The zero-order chi connectivity index (χ0) is 22.0. The van der Waals surface area contributed by atoms with Gasteiger partial charge >= 0.3 is 0 Å². The molecule has 2 aromatic carbocycles. The van der Waals surface area contributed by atoms with E-state index in [2.05, 4.69) is 0 Å². The standard InChI is InChI=1S/C25H29NO4/c1-6-12-26-22(18-9-7-8-16(4)13-18)21(24(28)25(26)29)23(27)19-10-11-20(17(5)14-19)30-15(2)3/h7-11,13-15,22,27H,6,12H2,1-5H3/b23-21-. The van der Waals surface area contributed by atoms with Gasteiger partial charge in [-0.1, -0.05) is 36.8 Å². The van der Waals surface area contributed by atoms with Crippen LogP contribution in [0.3, 0.4) is 0 Å². The zero-order valence-corrected chi connectivity index (χ0v) is 18.2. The van der Waals surface area contributed by atoms with Gasteiger partial charge in [0.1, 0.15) is 11.5 Å². The lowest BCUT2D eigenvalue weighted by Gasteiger charge is -2.25. The molecule has 5 nitrogen and oxygen atoms in total. The van der Waals surface area contributed by atoms with Gasteiger partial charge < -0.3 is 14.7 Å². The van der Waals surface area contributed by atoms with Gasteiger partial charge in [-0.2, -0.15) is 0 Å². The van der Waals surface area contributed by atoms with E-state index < -0.39 is 17.7 Å². The number of rotatable bonds is 6. The third kappa shape index (κ3) is 4.11. The second kappa shape index (κ2) is 8.74. The van der Waals surface area contributed by atoms with Crippen molar-refractivity contribution in [3.8, 4) is 5.75 Å². The molecular weight excluding hydrogens is 378 g/mol. The fourth-order valence-corrected chi connectivity index (χ4v) is 3.88. The normalized spacial score (nSPS) is 18.3. The molecule has 5 heteroatoms. The molecule has 0 spiro atoms. The monoisotopic (exact) mass is 407 g/mol. The molecule has 0 aliphatic carbocycles. The summed E-state index contributed by atoms with van der Waals surface area (Å²) >= 11 is 0. The number of carbonyl (C=O) groups is 2. The molecule has 1 amide bonds. The number of aryl methyl sites for hydroxylation is 2. The minimum Gasteiger partial charge on any atom is -0.507 e. The third-order valence-corrected chi connectivity index (χ3v) is 5.17. The molecule has 0 bridgehead atoms. The molecule has 0 radical (unpaired) electrons. The third-order valence-electron chi connectivity index (χ3n) is 5.17. The molecule has 0 saturated carbocycles. The van der Waals surface area contributed by atoms with E-state index in [-0.39, 0.29) is 17.4 Å². The van der Waals surface area contributed by atoms with Gasteiger partial charge in [0.25, 0.3) is 11.7 Å². The van der Waals surface area contributed by atoms with Gasteiger partial charge in [0.15, 0.2) is 0 Å². The van der Waals surface area contributed by atoms with Crippen LogP contribution in [0.15, 0.2) is 48.0 Å². The fraction of sp³-hybridized carbons (Fsp3) is 0.360. The molecule has 1 saturated heterocycles. The highest BCUT2D eigenvalue weighted by Crippen LogP contribution is 2.40. The van der Waals surface area contributed by atoms with Crippen molar-refractivity contribution < 1.29 is 19.4 Å². The molecule has 1 unspecified atom stereocenters. The van der Waals surface area contributed by atoms with Crippen molar-refractivity contribution in [1.29, 1.82) is 0 Å². The van der Waals surface area contributed by atoms with Crippen LogP contribution in [0.5, 0.6) is 5.75 Å². The van der Waals surface area contributed by atoms with E-state index in [0.717, 1.165) is 28.9 Å². The fourth-order valence-electron chi connectivity index (χ4n) is 3.88. The predicted molar refractivity (Wildman–Crippen MR) is 117 cm³/mol. The van der Waals surface area contributed by atoms with Gasteiger partial charge in [0.05, 0.1) is 17.7 Å². The maximum Gasteiger partial charge on any atom is 0.295 e. The number of nitrogens with zero attached hydrogens (tertiary/aromatic N) is 1. The Morgan fingerprint density at radius 3 is 2.47 bits per heavy atom. The largest absolute Gasteiger partial charge is 0.507 e. The molecule has 158 valence electrons. The Morgan fingerprint density at radius 2 is 1.87 bits per heavy atom. The highest BCUT2D eigenvalue weighted by Gasteiger charge is 2.45. The molecule has 1 fully saturated rings. The van der Waals surface area contributed by atoms with Crippen molar-refractivity contribution in [3.63, 3.8) is 0 Å². The van der Waals surface area contributed by atoms with Gasteiger partial charge in [0.2, 0.25) is 0 Å². The van der Waals surface area contributed by atoms with E-state index in [1.165, 1.54) is 0 Å². The Hall–Kier alpha value is -3.08. The first-order valence-electron chi connectivity index (χ1n) is 10.4. The van der Waals surface area contributed by atoms with E-state index >= 15 is 0 Å². The van der Waals surface area contributed by atoms with Crippen molar-refractivity contribution in [2.75, 3.05) is 6.54 Å². The van der Waals surface area contributed by atoms with Crippen LogP contribution in [-0.4, -0.2) is 34.3 Å². The average molecular weight is 408 g/mol. The lowest BCUT2D eigenvalue weighted by atomic mass is 9.94. The summed E-state index contributed by atoms with van der Waals surface area (Å²) in [6, 6.07) is 12.4. The summed E-state index contributed by atoms with van der Waals surface area (Å²) in [5, 5.41) is 11.1. The lowest BCUT2D eigenvalue weighted by Crippen LogP contribution is -2.30. The number of likely N-dealkylation sites (tertiary alicyclic amines) is 1. The summed E-state index contributed by atoms with van der Waals surface area (Å²) in [6.07, 6.45) is 0.749. The van der Waals surface area contributed by atoms with Gasteiger partial charge in [-0.05, 0) is 63.4 Å². The van der Waals surface area contributed by atoms with Crippen molar-refractivity contribution >= 4 is 17.4 Å². The number of aliphatic hydroxyl groups excluding tert-OH is 1. The van der Waals surface area contributed by atoms with E-state index in [4.69, 9.17) is 4.74 Å². The van der Waals surface area contributed by atoms with Crippen LogP contribution >= 0.6 is 0 Å². The number of hydrogen-bond acceptors (Lipinski definition) is 4. The van der Waals surface area contributed by atoms with Crippen LogP contribution in [0.1, 0.15) is 55.5 Å². The minimum absolute atomic E-state index is 0.0313. The van der Waals surface area contributed by atoms with Crippen LogP contribution in [0.4, 0.5) is 0 Å². The van der Waals surface area contributed by atoms with Gasteiger partial charge in [0, 0.05) is 12.1 Å². The summed E-state index contributed by atoms with van der Waals surface area (Å²) in [4.78, 5) is 27.3. The number of hydrogen-bond donors (Lipinski definition) is 1. The number of amides is 1. The number of benzene rings is 2. The Labute approximate surface area is 178 Å². The second-order valence-corrected chi connectivity index (χ2v) is 8.05. The Bertz CT molecular complexity index is 1010. The van der Waals surface area contributed by atoms with Crippen LogP contribution in [0.2, 0.25) is 0 Å². The van der Waals surface area contributed by atoms with E-state index in [1.807, 2.05) is 58.9 Å². The second-order valence-electron chi connectivity index (χ2n) is 8.05. The molecular formula is C25H29NO4. The maximum atomic E-state index is 12.9. The van der Waals surface area contributed by atoms with E-state index in [1.54, 1.807) is 23.1 Å². The molecule has 30 heavy (non-hydrogen) atoms. The lowest BCUT2D eigenvalue weighted by molar-refractivity contribution is -0.139. The van der Waals surface area contributed by atoms with Crippen LogP contribution in [0, 0.1) is 13.8 Å². The topological polar surface area (TPSA) is 66.8 Å². The highest BCUT2D eigenvalue weighted by atomic mass is 16.5. The molecule has 2 aromatic rings. The molecule has 1 atom stereocenters. The van der Waals surface area contributed by atoms with Gasteiger partial charge in [-0.3, -0.25) is 9.59 Å². The van der Waals surface area contributed by atoms with Crippen molar-refractivity contribution in [3.05, 3.63) is 70.3 Å². The molecule has 0 aromatic heterocycles. The number of aliphatic hydroxyl groups is 1.